The Bertz CT molecular complexity index is 244. The Hall–Kier alpha value is -0.610. The summed E-state index contributed by atoms with van der Waals surface area (Å²) < 4.78 is 0. The second kappa shape index (κ2) is 4.49. The highest BCUT2D eigenvalue weighted by atomic mass is 16.2. The third kappa shape index (κ3) is 2.49. The van der Waals surface area contributed by atoms with Crippen LogP contribution in [-0.2, 0) is 4.79 Å². The van der Waals surface area contributed by atoms with E-state index in [9.17, 15) is 4.79 Å². The predicted molar refractivity (Wildman–Crippen MR) is 59.4 cm³/mol. The standard InChI is InChI=1S/C11H21N3O/c1-13-5-2-3-9(7-13)8-14-6-4-10(12)11(14)15/h9-10H,2-8,12H2,1H3. The fourth-order valence-electron chi connectivity index (χ4n) is 2.68. The molecule has 2 rings (SSSR count). The van der Waals surface area contributed by atoms with Crippen LogP contribution in [0.15, 0.2) is 0 Å². The number of nitrogens with two attached hydrogens (primary N) is 1. The first-order chi connectivity index (χ1) is 7.16. The first-order valence-electron chi connectivity index (χ1n) is 5.89. The van der Waals surface area contributed by atoms with E-state index in [2.05, 4.69) is 11.9 Å². The number of rotatable bonds is 2. The van der Waals surface area contributed by atoms with Gasteiger partial charge in [-0.15, -0.1) is 0 Å². The van der Waals surface area contributed by atoms with Crippen LogP contribution in [0.1, 0.15) is 19.3 Å². The Morgan fingerprint density at radius 2 is 2.20 bits per heavy atom. The first kappa shape index (κ1) is 10.9. The highest BCUT2D eigenvalue weighted by Crippen LogP contribution is 2.19. The van der Waals surface area contributed by atoms with E-state index in [4.69, 9.17) is 5.73 Å². The van der Waals surface area contributed by atoms with Gasteiger partial charge in [0, 0.05) is 19.6 Å². The average molecular weight is 211 g/mol. The number of hydrogen-bond donors (Lipinski definition) is 1. The molecular weight excluding hydrogens is 190 g/mol. The van der Waals surface area contributed by atoms with Crippen LogP contribution in [-0.4, -0.2) is 55.0 Å². The molecule has 2 fully saturated rings. The zero-order chi connectivity index (χ0) is 10.8. The number of likely N-dealkylation sites (tertiary alicyclic amines) is 2. The lowest BCUT2D eigenvalue weighted by molar-refractivity contribution is -0.129. The molecule has 0 radical (unpaired) electrons. The van der Waals surface area contributed by atoms with E-state index in [1.165, 1.54) is 19.4 Å². The van der Waals surface area contributed by atoms with Crippen molar-refractivity contribution in [1.82, 2.24) is 9.80 Å². The highest BCUT2D eigenvalue weighted by Gasteiger charge is 2.30. The zero-order valence-electron chi connectivity index (χ0n) is 9.48. The first-order valence-corrected chi connectivity index (χ1v) is 5.89. The molecule has 2 aliphatic rings. The van der Waals surface area contributed by atoms with Crippen molar-refractivity contribution in [2.75, 3.05) is 33.2 Å². The van der Waals surface area contributed by atoms with Crippen molar-refractivity contribution in [3.8, 4) is 0 Å². The Kier molecular flexibility index (Phi) is 3.26. The molecule has 0 aromatic carbocycles. The van der Waals surface area contributed by atoms with E-state index in [0.29, 0.717) is 5.92 Å². The van der Waals surface area contributed by atoms with Gasteiger partial charge in [-0.25, -0.2) is 0 Å². The average Bonchev–Trinajstić information content (AvgIpc) is 2.50. The maximum Gasteiger partial charge on any atom is 0.239 e. The molecule has 0 aromatic heterocycles. The molecule has 2 unspecified atom stereocenters. The lowest BCUT2D eigenvalue weighted by atomic mass is 9.98. The van der Waals surface area contributed by atoms with Gasteiger partial charge in [-0.2, -0.15) is 0 Å². The van der Waals surface area contributed by atoms with Gasteiger partial charge in [-0.05, 0) is 38.8 Å². The van der Waals surface area contributed by atoms with Crippen LogP contribution in [0.5, 0.6) is 0 Å². The fourth-order valence-corrected chi connectivity index (χ4v) is 2.68. The summed E-state index contributed by atoms with van der Waals surface area (Å²) in [5, 5.41) is 0. The largest absolute Gasteiger partial charge is 0.341 e. The molecule has 2 saturated heterocycles. The van der Waals surface area contributed by atoms with Gasteiger partial charge >= 0.3 is 0 Å². The molecule has 86 valence electrons. The van der Waals surface area contributed by atoms with E-state index >= 15 is 0 Å². The van der Waals surface area contributed by atoms with Crippen LogP contribution >= 0.6 is 0 Å². The molecule has 4 heteroatoms. The molecule has 2 atom stereocenters. The van der Waals surface area contributed by atoms with E-state index in [-0.39, 0.29) is 11.9 Å². The maximum absolute atomic E-state index is 11.6. The minimum absolute atomic E-state index is 0.156. The Balaban J connectivity index is 1.83. The summed E-state index contributed by atoms with van der Waals surface area (Å²) in [5.41, 5.74) is 5.70. The van der Waals surface area contributed by atoms with Crippen molar-refractivity contribution in [1.29, 1.82) is 0 Å². The molecule has 4 nitrogen and oxygen atoms in total. The molecule has 2 heterocycles. The summed E-state index contributed by atoms with van der Waals surface area (Å²) >= 11 is 0. The van der Waals surface area contributed by atoms with Gasteiger partial charge in [0.25, 0.3) is 0 Å². The van der Waals surface area contributed by atoms with Crippen LogP contribution in [0.25, 0.3) is 0 Å². The predicted octanol–water partition coefficient (Wildman–Crippen LogP) is -0.112. The molecule has 0 saturated carbocycles. The van der Waals surface area contributed by atoms with Crippen molar-refractivity contribution in [2.45, 2.75) is 25.3 Å². The summed E-state index contributed by atoms with van der Waals surface area (Å²) in [5.74, 6) is 0.807. The summed E-state index contributed by atoms with van der Waals surface area (Å²) in [4.78, 5) is 16.0. The third-order valence-electron chi connectivity index (χ3n) is 3.54. The van der Waals surface area contributed by atoms with Gasteiger partial charge < -0.3 is 15.5 Å². The Labute approximate surface area is 91.4 Å². The van der Waals surface area contributed by atoms with Gasteiger partial charge in [0.15, 0.2) is 0 Å². The number of nitrogens with zero attached hydrogens (tertiary/aromatic N) is 2. The normalized spacial score (nSPS) is 33.7. The molecule has 2 N–H and O–H groups in total. The van der Waals surface area contributed by atoms with Gasteiger partial charge in [0.1, 0.15) is 0 Å². The minimum Gasteiger partial charge on any atom is -0.341 e. The zero-order valence-corrected chi connectivity index (χ0v) is 9.48. The van der Waals surface area contributed by atoms with Gasteiger partial charge in [-0.3, -0.25) is 4.79 Å². The lowest BCUT2D eigenvalue weighted by Crippen LogP contribution is -2.41. The Morgan fingerprint density at radius 3 is 2.80 bits per heavy atom. The number of carbonyl (C=O) groups is 1. The molecule has 0 spiro atoms. The summed E-state index contributed by atoms with van der Waals surface area (Å²) in [6, 6.07) is -0.230. The van der Waals surface area contributed by atoms with E-state index in [0.717, 1.165) is 26.1 Å². The van der Waals surface area contributed by atoms with Crippen molar-refractivity contribution in [2.24, 2.45) is 11.7 Å². The van der Waals surface area contributed by atoms with Gasteiger partial charge in [0.05, 0.1) is 6.04 Å². The van der Waals surface area contributed by atoms with E-state index in [1.54, 1.807) is 0 Å². The van der Waals surface area contributed by atoms with Gasteiger partial charge in [-0.1, -0.05) is 0 Å². The van der Waals surface area contributed by atoms with Crippen LogP contribution < -0.4 is 5.73 Å². The molecule has 0 bridgehead atoms. The minimum atomic E-state index is -0.230. The second-order valence-electron chi connectivity index (χ2n) is 4.95. The third-order valence-corrected chi connectivity index (χ3v) is 3.54. The van der Waals surface area contributed by atoms with Crippen molar-refractivity contribution in [3.63, 3.8) is 0 Å². The summed E-state index contributed by atoms with van der Waals surface area (Å²) in [6.07, 6.45) is 3.35. The smallest absolute Gasteiger partial charge is 0.239 e. The topological polar surface area (TPSA) is 49.6 Å². The highest BCUT2D eigenvalue weighted by molar-refractivity contribution is 5.83. The van der Waals surface area contributed by atoms with E-state index in [1.807, 2.05) is 4.90 Å². The van der Waals surface area contributed by atoms with Crippen LogP contribution in [0.2, 0.25) is 0 Å². The van der Waals surface area contributed by atoms with Crippen LogP contribution in [0, 0.1) is 5.92 Å². The SMILES string of the molecule is CN1CCCC(CN2CCC(N)C2=O)C1. The van der Waals surface area contributed by atoms with Crippen molar-refractivity contribution >= 4 is 5.91 Å². The number of hydrogen-bond acceptors (Lipinski definition) is 3. The second-order valence-corrected chi connectivity index (χ2v) is 4.95. The number of amides is 1. The molecular formula is C11H21N3O. The molecule has 0 aromatic rings. The quantitative estimate of drug-likeness (QED) is 0.693. The molecule has 2 aliphatic heterocycles. The van der Waals surface area contributed by atoms with Gasteiger partial charge in [0.2, 0.25) is 5.91 Å². The molecule has 15 heavy (non-hydrogen) atoms. The van der Waals surface area contributed by atoms with Crippen molar-refractivity contribution in [3.05, 3.63) is 0 Å². The van der Waals surface area contributed by atoms with E-state index < -0.39 is 0 Å². The molecule has 0 aliphatic carbocycles. The number of carbonyl (C=O) groups excluding carboxylic acids is 1. The lowest BCUT2D eigenvalue weighted by Gasteiger charge is -2.32. The summed E-state index contributed by atoms with van der Waals surface area (Å²) in [6.45, 7) is 4.10. The van der Waals surface area contributed by atoms with Crippen LogP contribution in [0.3, 0.4) is 0 Å². The maximum atomic E-state index is 11.6. The summed E-state index contributed by atoms with van der Waals surface area (Å²) in [7, 11) is 2.16. The molecule has 1 amide bonds. The van der Waals surface area contributed by atoms with Crippen LogP contribution in [0.4, 0.5) is 0 Å². The fraction of sp³-hybridized carbons (Fsp3) is 0.909. The van der Waals surface area contributed by atoms with Crippen molar-refractivity contribution < 1.29 is 4.79 Å². The Morgan fingerprint density at radius 1 is 1.40 bits per heavy atom. The monoisotopic (exact) mass is 211 g/mol. The number of piperidine rings is 1.